The third kappa shape index (κ3) is 3.24. The smallest absolute Gasteiger partial charge is 0.245 e. The first-order valence-electron chi connectivity index (χ1n) is 7.14. The minimum Gasteiger partial charge on any atom is -0.343 e. The molecule has 0 radical (unpaired) electrons. The number of rotatable bonds is 3. The largest absolute Gasteiger partial charge is 0.343 e. The first-order valence-corrected chi connectivity index (χ1v) is 7.14. The van der Waals surface area contributed by atoms with Gasteiger partial charge in [0.05, 0.1) is 6.54 Å². The van der Waals surface area contributed by atoms with Gasteiger partial charge in [-0.3, -0.25) is 9.59 Å². The fraction of sp³-hybridized carbons (Fsp3) is 0.857. The van der Waals surface area contributed by atoms with Crippen LogP contribution in [0.25, 0.3) is 0 Å². The highest BCUT2D eigenvalue weighted by Gasteiger charge is 2.29. The van der Waals surface area contributed by atoms with E-state index in [2.05, 4.69) is 12.2 Å². The molecule has 4 heteroatoms. The Labute approximate surface area is 109 Å². The second-order valence-electron chi connectivity index (χ2n) is 5.96. The van der Waals surface area contributed by atoms with Crippen LogP contribution in [-0.4, -0.2) is 35.8 Å². The Morgan fingerprint density at radius 3 is 2.50 bits per heavy atom. The highest BCUT2D eigenvalue weighted by Crippen LogP contribution is 2.30. The summed E-state index contributed by atoms with van der Waals surface area (Å²) in [7, 11) is 0. The molecule has 2 fully saturated rings. The molecular formula is C14H24N2O2. The lowest BCUT2D eigenvalue weighted by Crippen LogP contribution is -2.57. The molecule has 102 valence electrons. The van der Waals surface area contributed by atoms with E-state index in [9.17, 15) is 9.59 Å². The predicted octanol–water partition coefficient (Wildman–Crippen LogP) is 1.55. The average molecular weight is 252 g/mol. The van der Waals surface area contributed by atoms with E-state index in [1.54, 1.807) is 11.8 Å². The molecule has 0 bridgehead atoms. The van der Waals surface area contributed by atoms with Crippen LogP contribution in [0.15, 0.2) is 0 Å². The number of nitrogens with one attached hydrogen (secondary N) is 1. The summed E-state index contributed by atoms with van der Waals surface area (Å²) in [5.41, 5.74) is 0. The number of carbonyl (C=O) groups excluding carboxylic acids is 2. The summed E-state index contributed by atoms with van der Waals surface area (Å²) in [6.45, 7) is 5.06. The van der Waals surface area contributed by atoms with Crippen molar-refractivity contribution in [1.82, 2.24) is 10.2 Å². The molecule has 0 spiro atoms. The Morgan fingerprint density at radius 1 is 1.17 bits per heavy atom. The Hall–Kier alpha value is -1.06. The van der Waals surface area contributed by atoms with Crippen molar-refractivity contribution in [3.05, 3.63) is 0 Å². The molecule has 0 aromatic rings. The topological polar surface area (TPSA) is 49.4 Å². The molecular weight excluding hydrogens is 228 g/mol. The molecule has 1 aliphatic carbocycles. The van der Waals surface area contributed by atoms with E-state index in [0.717, 1.165) is 24.8 Å². The fourth-order valence-corrected chi connectivity index (χ4v) is 3.02. The number of carbonyl (C=O) groups is 2. The molecule has 1 heterocycles. The number of piperazine rings is 1. The zero-order chi connectivity index (χ0) is 13.1. The van der Waals surface area contributed by atoms with Crippen LogP contribution in [-0.2, 0) is 9.59 Å². The van der Waals surface area contributed by atoms with Gasteiger partial charge in [-0.05, 0) is 25.2 Å². The maximum Gasteiger partial charge on any atom is 0.245 e. The normalized spacial score (nSPS) is 33.4. The molecule has 1 atom stereocenters. The number of hydrogen-bond donors (Lipinski definition) is 1. The van der Waals surface area contributed by atoms with Crippen LogP contribution in [0.1, 0.15) is 46.0 Å². The molecule has 1 saturated carbocycles. The Balaban J connectivity index is 1.78. The van der Waals surface area contributed by atoms with E-state index in [4.69, 9.17) is 0 Å². The number of hydrogen-bond acceptors (Lipinski definition) is 2. The summed E-state index contributed by atoms with van der Waals surface area (Å²) < 4.78 is 0. The third-order valence-electron chi connectivity index (χ3n) is 4.34. The van der Waals surface area contributed by atoms with Crippen molar-refractivity contribution in [2.45, 2.75) is 52.0 Å². The van der Waals surface area contributed by atoms with Gasteiger partial charge in [-0.15, -0.1) is 0 Å². The minimum absolute atomic E-state index is 0.0284. The molecule has 4 nitrogen and oxygen atoms in total. The quantitative estimate of drug-likeness (QED) is 0.828. The molecule has 2 rings (SSSR count). The van der Waals surface area contributed by atoms with Gasteiger partial charge < -0.3 is 10.2 Å². The van der Waals surface area contributed by atoms with Crippen LogP contribution in [0, 0.1) is 11.8 Å². The molecule has 1 saturated heterocycles. The molecule has 18 heavy (non-hydrogen) atoms. The first kappa shape index (κ1) is 13.4. The Bertz CT molecular complexity index is 322. The zero-order valence-electron chi connectivity index (χ0n) is 11.4. The second-order valence-corrected chi connectivity index (χ2v) is 5.96. The highest BCUT2D eigenvalue weighted by molar-refractivity contribution is 5.94. The maximum atomic E-state index is 11.9. The molecule has 1 aliphatic heterocycles. The van der Waals surface area contributed by atoms with Crippen molar-refractivity contribution in [1.29, 1.82) is 0 Å². The van der Waals surface area contributed by atoms with Gasteiger partial charge in [0.15, 0.2) is 0 Å². The summed E-state index contributed by atoms with van der Waals surface area (Å²) >= 11 is 0. The lowest BCUT2D eigenvalue weighted by atomic mass is 9.81. The van der Waals surface area contributed by atoms with Gasteiger partial charge in [-0.2, -0.15) is 0 Å². The number of nitrogens with zero attached hydrogens (tertiary/aromatic N) is 1. The molecule has 0 aromatic heterocycles. The van der Waals surface area contributed by atoms with Crippen LogP contribution >= 0.6 is 0 Å². The van der Waals surface area contributed by atoms with E-state index in [0.29, 0.717) is 0 Å². The second kappa shape index (κ2) is 5.72. The molecule has 0 aromatic carbocycles. The summed E-state index contributed by atoms with van der Waals surface area (Å²) in [6.07, 6.45) is 6.25. The van der Waals surface area contributed by atoms with Crippen LogP contribution in [0.2, 0.25) is 0 Å². The van der Waals surface area contributed by atoms with Crippen molar-refractivity contribution in [3.8, 4) is 0 Å². The van der Waals surface area contributed by atoms with Gasteiger partial charge in [-0.1, -0.05) is 32.6 Å². The van der Waals surface area contributed by atoms with E-state index in [1.807, 2.05) is 0 Å². The van der Waals surface area contributed by atoms with Gasteiger partial charge in [0.25, 0.3) is 0 Å². The van der Waals surface area contributed by atoms with Crippen molar-refractivity contribution >= 4 is 11.8 Å². The van der Waals surface area contributed by atoms with Crippen LogP contribution in [0.4, 0.5) is 0 Å². The van der Waals surface area contributed by atoms with Crippen molar-refractivity contribution in [2.24, 2.45) is 11.8 Å². The van der Waals surface area contributed by atoms with Gasteiger partial charge in [-0.25, -0.2) is 0 Å². The monoisotopic (exact) mass is 252 g/mol. The molecule has 1 unspecified atom stereocenters. The lowest BCUT2D eigenvalue weighted by Gasteiger charge is -2.33. The summed E-state index contributed by atoms with van der Waals surface area (Å²) in [4.78, 5) is 25.0. The SMILES string of the molecule is CC1CCC(CCN2CC(=O)NC(C)C2=O)CC1. The fourth-order valence-electron chi connectivity index (χ4n) is 3.02. The Kier molecular flexibility index (Phi) is 4.25. The van der Waals surface area contributed by atoms with Crippen LogP contribution in [0.5, 0.6) is 0 Å². The van der Waals surface area contributed by atoms with E-state index in [-0.39, 0.29) is 24.4 Å². The Morgan fingerprint density at radius 2 is 1.83 bits per heavy atom. The lowest BCUT2D eigenvalue weighted by molar-refractivity contribution is -0.143. The summed E-state index contributed by atoms with van der Waals surface area (Å²) in [6, 6.07) is -0.349. The van der Waals surface area contributed by atoms with Gasteiger partial charge in [0.2, 0.25) is 11.8 Å². The van der Waals surface area contributed by atoms with Gasteiger partial charge in [0, 0.05) is 6.54 Å². The minimum atomic E-state index is -0.349. The molecule has 2 aliphatic rings. The van der Waals surface area contributed by atoms with E-state index < -0.39 is 0 Å². The average Bonchev–Trinajstić information content (AvgIpc) is 2.34. The van der Waals surface area contributed by atoms with Gasteiger partial charge in [0.1, 0.15) is 6.04 Å². The van der Waals surface area contributed by atoms with Crippen molar-refractivity contribution in [3.63, 3.8) is 0 Å². The van der Waals surface area contributed by atoms with Crippen molar-refractivity contribution in [2.75, 3.05) is 13.1 Å². The van der Waals surface area contributed by atoms with E-state index in [1.165, 1.54) is 25.7 Å². The van der Waals surface area contributed by atoms with E-state index >= 15 is 0 Å². The molecule has 2 amide bonds. The number of amides is 2. The predicted molar refractivity (Wildman–Crippen MR) is 69.9 cm³/mol. The van der Waals surface area contributed by atoms with Crippen LogP contribution in [0.3, 0.4) is 0 Å². The first-order chi connectivity index (χ1) is 8.56. The van der Waals surface area contributed by atoms with Crippen molar-refractivity contribution < 1.29 is 9.59 Å². The highest BCUT2D eigenvalue weighted by atomic mass is 16.2. The third-order valence-corrected chi connectivity index (χ3v) is 4.34. The summed E-state index contributed by atoms with van der Waals surface area (Å²) in [5, 5.41) is 2.67. The standard InChI is InChI=1S/C14H24N2O2/c1-10-3-5-12(6-4-10)7-8-16-9-13(17)15-11(2)14(16)18/h10-12H,3-9H2,1-2H3,(H,15,17). The zero-order valence-corrected chi connectivity index (χ0v) is 11.4. The summed E-state index contributed by atoms with van der Waals surface area (Å²) in [5.74, 6) is 1.65. The molecule has 1 N–H and O–H groups in total. The van der Waals surface area contributed by atoms with Crippen LogP contribution < -0.4 is 5.32 Å². The maximum absolute atomic E-state index is 11.9. The van der Waals surface area contributed by atoms with Gasteiger partial charge >= 0.3 is 0 Å².